The van der Waals surface area contributed by atoms with Gasteiger partial charge in [-0.1, -0.05) is 81.1 Å². The Bertz CT molecular complexity index is 4370. The van der Waals surface area contributed by atoms with Crippen LogP contribution in [0, 0.1) is 0 Å². The number of rotatable bonds is 92. The van der Waals surface area contributed by atoms with Gasteiger partial charge in [0.1, 0.15) is 0 Å². The second-order valence-electron chi connectivity index (χ2n) is 45.7. The molecule has 0 aliphatic rings. The Morgan fingerprint density at radius 2 is 0.248 bits per heavy atom. The van der Waals surface area contributed by atoms with E-state index in [2.05, 4.69) is 180 Å². The summed E-state index contributed by atoms with van der Waals surface area (Å²) in [7, 11) is 0. The second-order valence-corrected chi connectivity index (χ2v) is 50.9. The third kappa shape index (κ3) is 44.2. The maximum absolute atomic E-state index is 18.6. The SMILES string of the molecule is CCCCCCCCc1c(CCCCCCCC)c(C(=O)[O][Sn]([O]C(=O)c2c(CCCCCCCC)c(CCCCCCCC)c(CCCCCCCC)c3ccccc23)([O]C(=O)c2c(CCCCCCCC)c(CCCCCCCC)c(CCCCCCCC)c3ccccc23)[O]C(=O)c2c(CCCCCCCC)c(CCCCCCCC)c(CCCCCCCC)c3ccccc23)c2ccccc2c1CCCCCCCC. The summed E-state index contributed by atoms with van der Waals surface area (Å²) in [6, 6.07) is 34.6. The molecule has 832 valence electrons. The zero-order valence-corrected chi connectivity index (χ0v) is 101. The molecule has 0 spiro atoms. The minimum Gasteiger partial charge on any atom is -0.0654 e. The van der Waals surface area contributed by atoms with Crippen LogP contribution >= 0.6 is 0 Å². The molecule has 8 aromatic carbocycles. The van der Waals surface area contributed by atoms with Crippen LogP contribution in [0.25, 0.3) is 43.1 Å². The van der Waals surface area contributed by atoms with E-state index in [0.717, 1.165) is 374 Å². The third-order valence-electron chi connectivity index (χ3n) is 33.3. The topological polar surface area (TPSA) is 105 Å². The van der Waals surface area contributed by atoms with Gasteiger partial charge >= 0.3 is 846 Å². The van der Waals surface area contributed by atoms with E-state index < -0.39 is 43.9 Å². The number of carbonyl (C=O) groups excluding carboxylic acids is 4. The fourth-order valence-electron chi connectivity index (χ4n) is 24.6. The van der Waals surface area contributed by atoms with Crippen molar-refractivity contribution in [2.45, 2.75) is 622 Å². The predicted molar refractivity (Wildman–Crippen MR) is 648 cm³/mol. The Kier molecular flexibility index (Phi) is 68.0. The van der Waals surface area contributed by atoms with E-state index in [0.29, 0.717) is 47.9 Å². The summed E-state index contributed by atoms with van der Waals surface area (Å²) in [5, 5.41) is 7.26. The molecule has 0 radical (unpaired) electrons. The first-order valence-corrected chi connectivity index (χ1v) is 69.1. The van der Waals surface area contributed by atoms with Gasteiger partial charge in [-0.2, -0.15) is 0 Å². The molecule has 8 rings (SSSR count). The van der Waals surface area contributed by atoms with Crippen LogP contribution < -0.4 is 0 Å². The number of hydrogen-bond acceptors (Lipinski definition) is 8. The van der Waals surface area contributed by atoms with Gasteiger partial charge in [0, 0.05) is 0 Å². The minimum atomic E-state index is -7.69. The first-order chi connectivity index (χ1) is 73.3. The monoisotopic (exact) mass is 2150 g/mol. The summed E-state index contributed by atoms with van der Waals surface area (Å²) < 4.78 is 32.4. The summed E-state index contributed by atoms with van der Waals surface area (Å²) in [6.07, 6.45) is 89.6. The van der Waals surface area contributed by atoms with Gasteiger partial charge in [-0.05, 0) is 0 Å². The number of fused-ring (bicyclic) bond motifs is 4. The first kappa shape index (κ1) is 128. The van der Waals surface area contributed by atoms with E-state index in [1.807, 2.05) is 0 Å². The molecule has 0 aliphatic heterocycles. The van der Waals surface area contributed by atoms with Gasteiger partial charge in [-0.3, -0.25) is 0 Å². The van der Waals surface area contributed by atoms with Crippen molar-refractivity contribution >= 4 is 87.0 Å². The van der Waals surface area contributed by atoms with Crippen LogP contribution in [-0.4, -0.2) is 43.9 Å². The van der Waals surface area contributed by atoms with Gasteiger partial charge in [0.15, 0.2) is 0 Å². The average molecular weight is 2150 g/mol. The van der Waals surface area contributed by atoms with Crippen LogP contribution in [0.1, 0.15) is 654 Å². The number of carbonyl (C=O) groups is 4. The Labute approximate surface area is 920 Å². The van der Waals surface area contributed by atoms with Gasteiger partial charge < -0.3 is 0 Å². The molecule has 149 heavy (non-hydrogen) atoms. The van der Waals surface area contributed by atoms with Gasteiger partial charge in [0.25, 0.3) is 0 Å². The molecule has 0 aromatic heterocycles. The molecule has 0 heterocycles. The summed E-state index contributed by atoms with van der Waals surface area (Å²) in [4.78, 5) is 74.5. The van der Waals surface area contributed by atoms with Crippen molar-refractivity contribution < 1.29 is 31.5 Å². The van der Waals surface area contributed by atoms with Crippen molar-refractivity contribution in [2.75, 3.05) is 0 Å². The van der Waals surface area contributed by atoms with E-state index in [1.165, 1.54) is 250 Å². The summed E-state index contributed by atoms with van der Waals surface area (Å²) in [6.45, 7) is 27.6. The van der Waals surface area contributed by atoms with E-state index in [9.17, 15) is 0 Å². The van der Waals surface area contributed by atoms with Gasteiger partial charge in [0.2, 0.25) is 0 Å². The number of aryl methyl sites for hydroxylation is 4. The van der Waals surface area contributed by atoms with Crippen LogP contribution in [0.3, 0.4) is 0 Å². The van der Waals surface area contributed by atoms with Crippen LogP contribution in [0.5, 0.6) is 0 Å². The van der Waals surface area contributed by atoms with E-state index >= 15 is 19.2 Å². The van der Waals surface area contributed by atoms with Crippen molar-refractivity contribution in [1.29, 1.82) is 0 Å². The quantitative estimate of drug-likeness (QED) is 0.0274. The second kappa shape index (κ2) is 79.4. The van der Waals surface area contributed by atoms with Gasteiger partial charge in [0.05, 0.1) is 0 Å². The van der Waals surface area contributed by atoms with Crippen LogP contribution in [0.15, 0.2) is 97.1 Å². The third-order valence-corrected chi connectivity index (χ3v) is 38.2. The molecule has 0 saturated carbocycles. The zero-order chi connectivity index (χ0) is 106. The van der Waals surface area contributed by atoms with Crippen molar-refractivity contribution in [3.8, 4) is 0 Å². The molecular weight excluding hydrogens is 1930 g/mol. The maximum atomic E-state index is 18.6. The zero-order valence-electron chi connectivity index (χ0n) is 98.4. The molecule has 0 unspecified atom stereocenters. The molecule has 0 fully saturated rings. The molecule has 0 aliphatic carbocycles. The molecule has 0 bridgehead atoms. The molecule has 0 atom stereocenters. The Morgan fingerprint density at radius 3 is 0.383 bits per heavy atom. The van der Waals surface area contributed by atoms with Crippen molar-refractivity contribution in [2.24, 2.45) is 0 Å². The number of hydrogen-bond donors (Lipinski definition) is 0. The summed E-state index contributed by atoms with van der Waals surface area (Å²) in [5.74, 6) is -2.99. The molecule has 0 N–H and O–H groups in total. The fourth-order valence-corrected chi connectivity index (χ4v) is 29.1. The minimum absolute atomic E-state index is 0.421. The van der Waals surface area contributed by atoms with E-state index in [1.54, 1.807) is 0 Å². The standard InChI is InChI=1S/4C35H56O2.Sn/c4*1-4-7-10-13-16-19-24-29-30(25-20-17-14-11-8-5-2)32(27-21-18-15-12-9-6-3)34(35(36)37)33-28-23-22-26-31(29)33;/h4*22-23,26,28H,4-21,24-25,27H2,1-3H3,(H,36,37);/q;;;;+4/p-4. The van der Waals surface area contributed by atoms with Crippen LogP contribution in [0.4, 0.5) is 0 Å². The molecule has 8 nitrogen and oxygen atoms in total. The molecule has 9 heteroatoms. The first-order valence-electron chi connectivity index (χ1n) is 64.5. The van der Waals surface area contributed by atoms with Crippen molar-refractivity contribution in [3.63, 3.8) is 0 Å². The molecular formula is C140H220O8Sn. The number of unbranched alkanes of at least 4 members (excludes halogenated alkanes) is 60. The fraction of sp³-hybridized carbons (Fsp3) is 0.686. The number of benzene rings is 8. The molecule has 8 aromatic rings. The average Bonchev–Trinajstić information content (AvgIpc) is 0.744. The molecule has 0 amide bonds. The summed E-state index contributed by atoms with van der Waals surface area (Å²) >= 11 is -7.69. The van der Waals surface area contributed by atoms with Crippen molar-refractivity contribution in [1.82, 2.24) is 0 Å². The molecule has 0 saturated heterocycles. The van der Waals surface area contributed by atoms with Gasteiger partial charge in [-0.15, -0.1) is 0 Å². The van der Waals surface area contributed by atoms with Crippen LogP contribution in [0.2, 0.25) is 0 Å². The van der Waals surface area contributed by atoms with Crippen LogP contribution in [-0.2, 0) is 89.3 Å². The van der Waals surface area contributed by atoms with Crippen molar-refractivity contribution in [3.05, 3.63) is 186 Å². The van der Waals surface area contributed by atoms with Gasteiger partial charge in [-0.25, -0.2) is 0 Å². The normalized spacial score (nSPS) is 11.8. The van der Waals surface area contributed by atoms with E-state index in [-0.39, 0.29) is 0 Å². The Hall–Kier alpha value is -6.52. The Morgan fingerprint density at radius 1 is 0.141 bits per heavy atom. The van der Waals surface area contributed by atoms with E-state index in [4.69, 9.17) is 12.3 Å². The smallest absolute Gasteiger partial charge is 0.0654 e. The Balaban J connectivity index is 1.64. The predicted octanol–water partition coefficient (Wildman–Crippen LogP) is 44.3. The summed E-state index contributed by atoms with van der Waals surface area (Å²) in [5.41, 5.74) is 15.9.